The first kappa shape index (κ1) is 13.5. The van der Waals surface area contributed by atoms with Gasteiger partial charge >= 0.3 is 5.97 Å². The predicted molar refractivity (Wildman–Crippen MR) is 60.3 cm³/mol. The molecule has 0 saturated carbocycles. The highest BCUT2D eigenvalue weighted by Crippen LogP contribution is 2.11. The van der Waals surface area contributed by atoms with Crippen molar-refractivity contribution in [3.63, 3.8) is 0 Å². The van der Waals surface area contributed by atoms with E-state index in [2.05, 4.69) is 0 Å². The third kappa shape index (κ3) is 6.08. The molecule has 1 rings (SSSR count). The van der Waals surface area contributed by atoms with E-state index in [0.717, 1.165) is 38.9 Å². The summed E-state index contributed by atoms with van der Waals surface area (Å²) in [4.78, 5) is 10.8. The molecular weight excluding hydrogens is 208 g/mol. The lowest BCUT2D eigenvalue weighted by Gasteiger charge is -2.09. The van der Waals surface area contributed by atoms with Gasteiger partial charge < -0.3 is 14.2 Å². The van der Waals surface area contributed by atoms with Gasteiger partial charge in [-0.05, 0) is 25.7 Å². The molecule has 0 aromatic heterocycles. The lowest BCUT2D eigenvalue weighted by Crippen LogP contribution is -2.14. The number of carbonyl (C=O) groups is 1. The fourth-order valence-electron chi connectivity index (χ4n) is 1.58. The number of carbonyl (C=O) groups excluding carboxylic acids is 1. The Morgan fingerprint density at radius 1 is 1.38 bits per heavy atom. The van der Waals surface area contributed by atoms with Gasteiger partial charge in [0.05, 0.1) is 19.3 Å². The van der Waals surface area contributed by atoms with E-state index in [9.17, 15) is 4.79 Å². The van der Waals surface area contributed by atoms with Crippen LogP contribution in [0.2, 0.25) is 0 Å². The Morgan fingerprint density at radius 3 is 2.88 bits per heavy atom. The zero-order valence-electron chi connectivity index (χ0n) is 10.1. The van der Waals surface area contributed by atoms with Gasteiger partial charge in [0, 0.05) is 19.6 Å². The predicted octanol–water partition coefficient (Wildman–Crippen LogP) is 1.92. The number of ether oxygens (including phenoxy) is 3. The SMILES string of the molecule is CCC(=O)OCCCCOCC1CCCO1. The zero-order valence-corrected chi connectivity index (χ0v) is 10.1. The molecular formula is C12H22O4. The normalized spacial score (nSPS) is 19.9. The summed E-state index contributed by atoms with van der Waals surface area (Å²) in [5.41, 5.74) is 0. The molecule has 1 saturated heterocycles. The van der Waals surface area contributed by atoms with Crippen LogP contribution in [0.5, 0.6) is 0 Å². The molecule has 4 nitrogen and oxygen atoms in total. The summed E-state index contributed by atoms with van der Waals surface area (Å²) >= 11 is 0. The van der Waals surface area contributed by atoms with Gasteiger partial charge in [0.25, 0.3) is 0 Å². The van der Waals surface area contributed by atoms with E-state index < -0.39 is 0 Å². The summed E-state index contributed by atoms with van der Waals surface area (Å²) in [6.45, 7) is 4.61. The van der Waals surface area contributed by atoms with Crippen LogP contribution in [0.1, 0.15) is 39.0 Å². The van der Waals surface area contributed by atoms with Gasteiger partial charge in [0.1, 0.15) is 0 Å². The van der Waals surface area contributed by atoms with Crippen LogP contribution in [0.4, 0.5) is 0 Å². The number of rotatable bonds is 8. The summed E-state index contributed by atoms with van der Waals surface area (Å²) in [6, 6.07) is 0. The Bertz CT molecular complexity index is 187. The van der Waals surface area contributed by atoms with Gasteiger partial charge in [-0.3, -0.25) is 4.79 Å². The van der Waals surface area contributed by atoms with Crippen molar-refractivity contribution in [3.05, 3.63) is 0 Å². The fourth-order valence-corrected chi connectivity index (χ4v) is 1.58. The van der Waals surface area contributed by atoms with Crippen molar-refractivity contribution in [2.45, 2.75) is 45.1 Å². The molecule has 1 aliphatic rings. The highest BCUT2D eigenvalue weighted by atomic mass is 16.5. The molecule has 0 N–H and O–H groups in total. The van der Waals surface area contributed by atoms with Gasteiger partial charge in [0.15, 0.2) is 0 Å². The zero-order chi connectivity index (χ0) is 11.6. The molecule has 1 heterocycles. The van der Waals surface area contributed by atoms with E-state index in [1.165, 1.54) is 0 Å². The van der Waals surface area contributed by atoms with Crippen LogP contribution in [0.3, 0.4) is 0 Å². The third-order valence-corrected chi connectivity index (χ3v) is 2.56. The van der Waals surface area contributed by atoms with E-state index in [0.29, 0.717) is 25.7 Å². The Kier molecular flexibility index (Phi) is 7.17. The first-order chi connectivity index (χ1) is 7.83. The van der Waals surface area contributed by atoms with Crippen LogP contribution in [0.15, 0.2) is 0 Å². The number of unbranched alkanes of at least 4 members (excludes halogenated alkanes) is 1. The minimum absolute atomic E-state index is 0.125. The van der Waals surface area contributed by atoms with Gasteiger partial charge in [0.2, 0.25) is 0 Å². The number of esters is 1. The fraction of sp³-hybridized carbons (Fsp3) is 0.917. The van der Waals surface area contributed by atoms with Gasteiger partial charge in [-0.2, -0.15) is 0 Å². The van der Waals surface area contributed by atoms with Crippen LogP contribution in [0.25, 0.3) is 0 Å². The number of hydrogen-bond acceptors (Lipinski definition) is 4. The third-order valence-electron chi connectivity index (χ3n) is 2.56. The van der Waals surface area contributed by atoms with Crippen LogP contribution in [-0.4, -0.2) is 38.5 Å². The van der Waals surface area contributed by atoms with Crippen molar-refractivity contribution in [2.24, 2.45) is 0 Å². The summed E-state index contributed by atoms with van der Waals surface area (Å²) in [6.07, 6.45) is 4.84. The molecule has 1 fully saturated rings. The lowest BCUT2D eigenvalue weighted by molar-refractivity contribution is -0.143. The summed E-state index contributed by atoms with van der Waals surface area (Å²) in [5, 5.41) is 0. The maximum Gasteiger partial charge on any atom is 0.305 e. The smallest absolute Gasteiger partial charge is 0.305 e. The van der Waals surface area contributed by atoms with E-state index in [1.807, 2.05) is 0 Å². The first-order valence-electron chi connectivity index (χ1n) is 6.18. The molecule has 0 aliphatic carbocycles. The van der Waals surface area contributed by atoms with E-state index >= 15 is 0 Å². The standard InChI is InChI=1S/C12H22O4/c1-2-12(13)16-8-4-3-7-14-10-11-6-5-9-15-11/h11H,2-10H2,1H3. The van der Waals surface area contributed by atoms with Crippen molar-refractivity contribution in [1.29, 1.82) is 0 Å². The molecule has 0 amide bonds. The summed E-state index contributed by atoms with van der Waals surface area (Å²) in [5.74, 6) is -0.125. The molecule has 0 radical (unpaired) electrons. The van der Waals surface area contributed by atoms with Crippen molar-refractivity contribution >= 4 is 5.97 Å². The molecule has 1 aliphatic heterocycles. The molecule has 0 spiro atoms. The van der Waals surface area contributed by atoms with E-state index in [-0.39, 0.29) is 5.97 Å². The second kappa shape index (κ2) is 8.53. The first-order valence-corrected chi connectivity index (χ1v) is 6.18. The van der Waals surface area contributed by atoms with Crippen molar-refractivity contribution < 1.29 is 19.0 Å². The van der Waals surface area contributed by atoms with Crippen LogP contribution in [0, 0.1) is 0 Å². The van der Waals surface area contributed by atoms with Crippen LogP contribution in [-0.2, 0) is 19.0 Å². The minimum atomic E-state index is -0.125. The Labute approximate surface area is 97.2 Å². The van der Waals surface area contributed by atoms with Crippen LogP contribution >= 0.6 is 0 Å². The molecule has 1 atom stereocenters. The molecule has 16 heavy (non-hydrogen) atoms. The molecule has 0 bridgehead atoms. The average molecular weight is 230 g/mol. The maximum atomic E-state index is 10.8. The second-order valence-corrected chi connectivity index (χ2v) is 3.99. The Hall–Kier alpha value is -0.610. The summed E-state index contributed by atoms with van der Waals surface area (Å²) < 4.78 is 15.9. The van der Waals surface area contributed by atoms with Crippen molar-refractivity contribution in [2.75, 3.05) is 26.4 Å². The number of hydrogen-bond donors (Lipinski definition) is 0. The summed E-state index contributed by atoms with van der Waals surface area (Å²) in [7, 11) is 0. The molecule has 1 unspecified atom stereocenters. The Balaban J connectivity index is 1.79. The van der Waals surface area contributed by atoms with Crippen molar-refractivity contribution in [1.82, 2.24) is 0 Å². The highest BCUT2D eigenvalue weighted by Gasteiger charge is 2.14. The van der Waals surface area contributed by atoms with Gasteiger partial charge in [-0.1, -0.05) is 6.92 Å². The molecule has 94 valence electrons. The molecule has 0 aromatic carbocycles. The van der Waals surface area contributed by atoms with Gasteiger partial charge in [-0.25, -0.2) is 0 Å². The quantitative estimate of drug-likeness (QED) is 0.472. The minimum Gasteiger partial charge on any atom is -0.466 e. The van der Waals surface area contributed by atoms with E-state index in [4.69, 9.17) is 14.2 Å². The molecule has 0 aromatic rings. The van der Waals surface area contributed by atoms with E-state index in [1.54, 1.807) is 6.92 Å². The maximum absolute atomic E-state index is 10.8. The second-order valence-electron chi connectivity index (χ2n) is 3.99. The highest BCUT2D eigenvalue weighted by molar-refractivity contribution is 5.68. The lowest BCUT2D eigenvalue weighted by atomic mass is 10.2. The molecule has 4 heteroatoms. The van der Waals surface area contributed by atoms with Gasteiger partial charge in [-0.15, -0.1) is 0 Å². The topological polar surface area (TPSA) is 44.8 Å². The monoisotopic (exact) mass is 230 g/mol. The average Bonchev–Trinajstić information content (AvgIpc) is 2.80. The largest absolute Gasteiger partial charge is 0.466 e. The van der Waals surface area contributed by atoms with Crippen molar-refractivity contribution in [3.8, 4) is 0 Å². The van der Waals surface area contributed by atoms with Crippen LogP contribution < -0.4 is 0 Å². The Morgan fingerprint density at radius 2 is 2.19 bits per heavy atom.